The number of aromatic nitrogens is 4. The molecule has 102 valence electrons. The zero-order valence-electron chi connectivity index (χ0n) is 10.3. The molecule has 1 N–H and O–H groups in total. The average molecular weight is 291 g/mol. The van der Waals surface area contributed by atoms with Crippen molar-refractivity contribution in [1.29, 1.82) is 0 Å². The van der Waals surface area contributed by atoms with Crippen molar-refractivity contribution in [1.82, 2.24) is 19.7 Å². The van der Waals surface area contributed by atoms with E-state index in [1.807, 2.05) is 12.1 Å². The van der Waals surface area contributed by atoms with Gasteiger partial charge in [0.1, 0.15) is 0 Å². The highest BCUT2D eigenvalue weighted by Crippen LogP contribution is 2.14. The highest BCUT2D eigenvalue weighted by atomic mass is 35.5. The van der Waals surface area contributed by atoms with Crippen LogP contribution in [0, 0.1) is 0 Å². The maximum absolute atomic E-state index is 10.9. The molecule has 0 saturated carbocycles. The van der Waals surface area contributed by atoms with E-state index in [1.165, 1.54) is 6.20 Å². The lowest BCUT2D eigenvalue weighted by molar-refractivity contribution is 0.0696. The Bertz CT molecular complexity index is 742. The van der Waals surface area contributed by atoms with Crippen molar-refractivity contribution in [3.05, 3.63) is 54.1 Å². The number of hydrogen-bond acceptors (Lipinski definition) is 4. The number of fused-ring (bicyclic) bond motifs is 1. The van der Waals surface area contributed by atoms with E-state index < -0.39 is 5.97 Å². The van der Waals surface area contributed by atoms with E-state index in [0.29, 0.717) is 17.6 Å². The second-order valence-electron chi connectivity index (χ2n) is 4.11. The number of pyridine rings is 2. The van der Waals surface area contributed by atoms with Gasteiger partial charge in [-0.1, -0.05) is 6.07 Å². The molecule has 7 heteroatoms. The molecule has 20 heavy (non-hydrogen) atoms. The lowest BCUT2D eigenvalue weighted by Crippen LogP contribution is -2.03. The van der Waals surface area contributed by atoms with Gasteiger partial charge in [-0.2, -0.15) is 5.10 Å². The van der Waals surface area contributed by atoms with Crippen molar-refractivity contribution >= 4 is 29.4 Å². The highest BCUT2D eigenvalue weighted by molar-refractivity contribution is 5.91. The summed E-state index contributed by atoms with van der Waals surface area (Å²) in [4.78, 5) is 19.1. The molecular weight excluding hydrogens is 280 g/mol. The van der Waals surface area contributed by atoms with Crippen LogP contribution in [0.25, 0.3) is 11.0 Å². The Morgan fingerprint density at radius 1 is 1.30 bits per heavy atom. The van der Waals surface area contributed by atoms with Crippen LogP contribution in [0.5, 0.6) is 0 Å². The van der Waals surface area contributed by atoms with Gasteiger partial charge in [-0.15, -0.1) is 12.4 Å². The van der Waals surface area contributed by atoms with Gasteiger partial charge in [0.05, 0.1) is 18.3 Å². The van der Waals surface area contributed by atoms with E-state index >= 15 is 0 Å². The number of halogens is 1. The van der Waals surface area contributed by atoms with Gasteiger partial charge >= 0.3 is 5.97 Å². The van der Waals surface area contributed by atoms with Crippen LogP contribution in [-0.4, -0.2) is 30.8 Å². The van der Waals surface area contributed by atoms with Crippen molar-refractivity contribution in [2.24, 2.45) is 0 Å². The van der Waals surface area contributed by atoms with Crippen molar-refractivity contribution in [2.75, 3.05) is 0 Å². The lowest BCUT2D eigenvalue weighted by Gasteiger charge is -2.02. The predicted octanol–water partition coefficient (Wildman–Crippen LogP) is 1.99. The minimum absolute atomic E-state index is 0. The van der Waals surface area contributed by atoms with Crippen molar-refractivity contribution in [2.45, 2.75) is 6.54 Å². The molecule has 3 aromatic rings. The molecule has 6 nitrogen and oxygen atoms in total. The third kappa shape index (κ3) is 2.60. The molecule has 0 aliphatic rings. The van der Waals surface area contributed by atoms with Crippen LogP contribution in [0.3, 0.4) is 0 Å². The van der Waals surface area contributed by atoms with E-state index in [1.54, 1.807) is 29.3 Å². The summed E-state index contributed by atoms with van der Waals surface area (Å²) in [7, 11) is 0. The zero-order chi connectivity index (χ0) is 13.2. The molecule has 0 aliphatic heterocycles. The number of rotatable bonds is 3. The summed E-state index contributed by atoms with van der Waals surface area (Å²) in [6, 6.07) is 5.38. The molecule has 0 spiro atoms. The number of carboxylic acid groups (broad SMARTS) is 1. The summed E-state index contributed by atoms with van der Waals surface area (Å²) in [5.41, 5.74) is 1.83. The first kappa shape index (κ1) is 14.0. The summed E-state index contributed by atoms with van der Waals surface area (Å²) in [5.74, 6) is -0.991. The third-order valence-corrected chi connectivity index (χ3v) is 2.78. The Morgan fingerprint density at radius 3 is 2.85 bits per heavy atom. The Balaban J connectivity index is 0.00000147. The van der Waals surface area contributed by atoms with Crippen molar-refractivity contribution in [3.8, 4) is 0 Å². The number of carboxylic acids is 1. The van der Waals surface area contributed by atoms with Crippen LogP contribution >= 0.6 is 12.4 Å². The Hall–Kier alpha value is -2.47. The molecule has 0 bridgehead atoms. The minimum atomic E-state index is -0.991. The van der Waals surface area contributed by atoms with Crippen LogP contribution in [0.15, 0.2) is 43.0 Å². The molecule has 0 fully saturated rings. The molecule has 0 aliphatic carbocycles. The van der Waals surface area contributed by atoms with Gasteiger partial charge in [-0.3, -0.25) is 4.98 Å². The van der Waals surface area contributed by atoms with Crippen LogP contribution in [0.4, 0.5) is 0 Å². The maximum atomic E-state index is 10.9. The smallest absolute Gasteiger partial charge is 0.337 e. The second-order valence-corrected chi connectivity index (χ2v) is 4.11. The fourth-order valence-electron chi connectivity index (χ4n) is 1.87. The largest absolute Gasteiger partial charge is 0.478 e. The lowest BCUT2D eigenvalue weighted by atomic mass is 10.2. The summed E-state index contributed by atoms with van der Waals surface area (Å²) in [5, 5.41) is 13.8. The molecule has 0 atom stereocenters. The van der Waals surface area contributed by atoms with Gasteiger partial charge in [0.2, 0.25) is 0 Å². The summed E-state index contributed by atoms with van der Waals surface area (Å²) in [6.07, 6.45) is 6.43. The molecule has 3 aromatic heterocycles. The molecular formula is C13H11ClN4O2. The van der Waals surface area contributed by atoms with Gasteiger partial charge in [0, 0.05) is 24.0 Å². The fourth-order valence-corrected chi connectivity index (χ4v) is 1.87. The molecule has 0 amide bonds. The maximum Gasteiger partial charge on any atom is 0.337 e. The van der Waals surface area contributed by atoms with Crippen LogP contribution < -0.4 is 0 Å². The number of carbonyl (C=O) groups is 1. The number of nitrogens with zero attached hydrogens (tertiary/aromatic N) is 4. The zero-order valence-corrected chi connectivity index (χ0v) is 11.1. The third-order valence-electron chi connectivity index (χ3n) is 2.78. The Kier molecular flexibility index (Phi) is 3.95. The SMILES string of the molecule is Cl.O=C(O)c1cnc2c(cnn2Cc2cccnc2)c1. The van der Waals surface area contributed by atoms with Gasteiger partial charge in [-0.25, -0.2) is 14.5 Å². The van der Waals surface area contributed by atoms with E-state index in [-0.39, 0.29) is 18.0 Å². The first-order chi connectivity index (χ1) is 9.24. The number of aromatic carboxylic acids is 1. The van der Waals surface area contributed by atoms with Gasteiger partial charge < -0.3 is 5.11 Å². The predicted molar refractivity (Wildman–Crippen MR) is 75.1 cm³/mol. The van der Waals surface area contributed by atoms with Crippen LogP contribution in [-0.2, 0) is 6.54 Å². The standard InChI is InChI=1S/C13H10N4O2.ClH/c18-13(19)11-4-10-7-16-17(12(10)15-6-11)8-9-2-1-3-14-5-9;/h1-7H,8H2,(H,18,19);1H. The van der Waals surface area contributed by atoms with E-state index in [4.69, 9.17) is 5.11 Å². The molecule has 0 unspecified atom stereocenters. The molecule has 0 radical (unpaired) electrons. The van der Waals surface area contributed by atoms with E-state index in [9.17, 15) is 4.79 Å². The van der Waals surface area contributed by atoms with Crippen LogP contribution in [0.2, 0.25) is 0 Å². The Labute approximate surface area is 120 Å². The Morgan fingerprint density at radius 2 is 2.15 bits per heavy atom. The normalized spacial score (nSPS) is 10.2. The average Bonchev–Trinajstić information content (AvgIpc) is 2.82. The number of hydrogen-bond donors (Lipinski definition) is 1. The second kappa shape index (κ2) is 5.66. The van der Waals surface area contributed by atoms with Crippen molar-refractivity contribution < 1.29 is 9.90 Å². The summed E-state index contributed by atoms with van der Waals surface area (Å²) < 4.78 is 1.72. The first-order valence-electron chi connectivity index (χ1n) is 5.68. The summed E-state index contributed by atoms with van der Waals surface area (Å²) in [6.45, 7) is 0.552. The molecule has 3 rings (SSSR count). The van der Waals surface area contributed by atoms with Gasteiger partial charge in [0.25, 0.3) is 0 Å². The quantitative estimate of drug-likeness (QED) is 0.798. The summed E-state index contributed by atoms with van der Waals surface area (Å²) >= 11 is 0. The molecule has 0 saturated heterocycles. The molecule has 3 heterocycles. The van der Waals surface area contributed by atoms with Crippen LogP contribution in [0.1, 0.15) is 15.9 Å². The van der Waals surface area contributed by atoms with E-state index in [0.717, 1.165) is 5.56 Å². The van der Waals surface area contributed by atoms with Gasteiger partial charge in [0.15, 0.2) is 5.65 Å². The fraction of sp³-hybridized carbons (Fsp3) is 0.0769. The van der Waals surface area contributed by atoms with Crippen molar-refractivity contribution in [3.63, 3.8) is 0 Å². The first-order valence-corrected chi connectivity index (χ1v) is 5.68. The topological polar surface area (TPSA) is 80.9 Å². The van der Waals surface area contributed by atoms with Gasteiger partial charge in [-0.05, 0) is 17.7 Å². The molecule has 0 aromatic carbocycles. The highest BCUT2D eigenvalue weighted by Gasteiger charge is 2.09. The minimum Gasteiger partial charge on any atom is -0.478 e. The van der Waals surface area contributed by atoms with E-state index in [2.05, 4.69) is 15.1 Å². The monoisotopic (exact) mass is 290 g/mol.